The molecule has 1 aliphatic rings. The van der Waals surface area contributed by atoms with Gasteiger partial charge in [-0.25, -0.2) is 4.79 Å². The second-order valence-corrected chi connectivity index (χ2v) is 7.66. The van der Waals surface area contributed by atoms with Gasteiger partial charge in [0.1, 0.15) is 5.75 Å². The summed E-state index contributed by atoms with van der Waals surface area (Å²) in [6.45, 7) is 3.15. The number of nitrogens with one attached hydrogen (secondary N) is 2. The fraction of sp³-hybridized carbons (Fsp3) is 0.417. The van der Waals surface area contributed by atoms with Gasteiger partial charge in [0, 0.05) is 18.8 Å². The van der Waals surface area contributed by atoms with Crippen molar-refractivity contribution in [3.05, 3.63) is 60.2 Å². The lowest BCUT2D eigenvalue weighted by atomic mass is 9.88. The Labute approximate surface area is 178 Å². The maximum atomic E-state index is 12.9. The maximum absolute atomic E-state index is 12.9. The number of carbonyl (C=O) groups excluding carboxylic acids is 2. The van der Waals surface area contributed by atoms with Crippen molar-refractivity contribution in [1.82, 2.24) is 10.2 Å². The van der Waals surface area contributed by atoms with E-state index in [-0.39, 0.29) is 23.9 Å². The first-order valence-electron chi connectivity index (χ1n) is 10.7. The minimum atomic E-state index is -0.246. The number of benzene rings is 2. The predicted octanol–water partition coefficient (Wildman–Crippen LogP) is 4.60. The van der Waals surface area contributed by atoms with Crippen LogP contribution in [0.1, 0.15) is 44.2 Å². The lowest BCUT2D eigenvalue weighted by molar-refractivity contribution is -0.121. The Kier molecular flexibility index (Phi) is 7.71. The van der Waals surface area contributed by atoms with Crippen molar-refractivity contribution in [1.29, 1.82) is 0 Å². The van der Waals surface area contributed by atoms with Gasteiger partial charge < -0.3 is 20.3 Å². The Balaban J connectivity index is 1.70. The number of unbranched alkanes of at least 4 members (excludes halogenated alkanes) is 1. The minimum absolute atomic E-state index is 0.0159. The van der Waals surface area contributed by atoms with E-state index in [1.165, 1.54) is 0 Å². The number of urea groups is 1. The molecule has 3 rings (SSSR count). The number of hydrogen-bond acceptors (Lipinski definition) is 3. The van der Waals surface area contributed by atoms with Crippen LogP contribution in [0.2, 0.25) is 0 Å². The Bertz CT molecular complexity index is 823. The maximum Gasteiger partial charge on any atom is 0.317 e. The van der Waals surface area contributed by atoms with Crippen molar-refractivity contribution < 1.29 is 14.3 Å². The van der Waals surface area contributed by atoms with Gasteiger partial charge in [-0.15, -0.1) is 0 Å². The third-order valence-electron chi connectivity index (χ3n) is 5.56. The van der Waals surface area contributed by atoms with Crippen LogP contribution >= 0.6 is 0 Å². The second kappa shape index (κ2) is 10.7. The first kappa shape index (κ1) is 21.7. The first-order chi connectivity index (χ1) is 14.6. The molecule has 160 valence electrons. The number of rotatable bonds is 7. The summed E-state index contributed by atoms with van der Waals surface area (Å²) < 4.78 is 5.16. The Morgan fingerprint density at radius 2 is 1.80 bits per heavy atom. The molecule has 0 aromatic heterocycles. The summed E-state index contributed by atoms with van der Waals surface area (Å²) in [6, 6.07) is 17.2. The molecule has 2 atom stereocenters. The van der Waals surface area contributed by atoms with Gasteiger partial charge in [0.15, 0.2) is 0 Å². The second-order valence-electron chi connectivity index (χ2n) is 7.66. The molecular weight excluding hydrogens is 378 g/mol. The summed E-state index contributed by atoms with van der Waals surface area (Å²) in [5, 5.41) is 5.99. The van der Waals surface area contributed by atoms with E-state index in [0.29, 0.717) is 13.1 Å². The van der Waals surface area contributed by atoms with E-state index in [2.05, 4.69) is 29.7 Å². The van der Waals surface area contributed by atoms with Crippen LogP contribution in [0.4, 0.5) is 10.5 Å². The highest BCUT2D eigenvalue weighted by Gasteiger charge is 2.35. The lowest BCUT2D eigenvalue weighted by Gasteiger charge is -2.39. The van der Waals surface area contributed by atoms with Gasteiger partial charge in [-0.1, -0.05) is 43.7 Å². The number of methoxy groups -OCH3 is 1. The first-order valence-corrected chi connectivity index (χ1v) is 10.7. The zero-order valence-corrected chi connectivity index (χ0v) is 17.8. The van der Waals surface area contributed by atoms with Crippen molar-refractivity contribution in [3.8, 4) is 5.75 Å². The summed E-state index contributed by atoms with van der Waals surface area (Å²) in [4.78, 5) is 27.6. The van der Waals surface area contributed by atoms with E-state index < -0.39 is 0 Å². The van der Waals surface area contributed by atoms with Crippen LogP contribution in [0.25, 0.3) is 0 Å². The Morgan fingerprint density at radius 1 is 1.07 bits per heavy atom. The normalized spacial score (nSPS) is 18.5. The SMILES string of the molecule is CCCCNC(=O)N1C[C@H](C(=O)Nc2ccc(OC)cc2)CC[C@@H]1c1ccccc1. The van der Waals surface area contributed by atoms with Crippen LogP contribution in [0, 0.1) is 5.92 Å². The van der Waals surface area contributed by atoms with Crippen LogP contribution in [0.3, 0.4) is 0 Å². The third kappa shape index (κ3) is 5.53. The van der Waals surface area contributed by atoms with E-state index in [1.54, 1.807) is 7.11 Å². The molecule has 0 saturated carbocycles. The molecule has 1 fully saturated rings. The topological polar surface area (TPSA) is 70.7 Å². The molecule has 2 N–H and O–H groups in total. The molecule has 2 aromatic rings. The third-order valence-corrected chi connectivity index (χ3v) is 5.56. The molecule has 0 unspecified atom stereocenters. The van der Waals surface area contributed by atoms with E-state index in [4.69, 9.17) is 4.74 Å². The van der Waals surface area contributed by atoms with E-state index in [0.717, 1.165) is 42.7 Å². The van der Waals surface area contributed by atoms with Crippen LogP contribution in [-0.2, 0) is 4.79 Å². The average molecular weight is 410 g/mol. The number of nitrogens with zero attached hydrogens (tertiary/aromatic N) is 1. The van der Waals surface area contributed by atoms with Gasteiger partial charge in [0.25, 0.3) is 0 Å². The highest BCUT2D eigenvalue weighted by molar-refractivity contribution is 5.93. The molecule has 30 heavy (non-hydrogen) atoms. The summed E-state index contributed by atoms with van der Waals surface area (Å²) in [6.07, 6.45) is 3.46. The van der Waals surface area contributed by atoms with Gasteiger partial charge in [-0.05, 0) is 49.1 Å². The molecule has 1 saturated heterocycles. The van der Waals surface area contributed by atoms with Crippen molar-refractivity contribution in [3.63, 3.8) is 0 Å². The van der Waals surface area contributed by atoms with Crippen LogP contribution in [-0.4, -0.2) is 37.0 Å². The summed E-state index contributed by atoms with van der Waals surface area (Å²) in [5.41, 5.74) is 1.84. The predicted molar refractivity (Wildman–Crippen MR) is 119 cm³/mol. The number of carbonyl (C=O) groups is 2. The average Bonchev–Trinajstić information content (AvgIpc) is 2.80. The fourth-order valence-electron chi connectivity index (χ4n) is 3.82. The van der Waals surface area contributed by atoms with Crippen molar-refractivity contribution >= 4 is 17.6 Å². The minimum Gasteiger partial charge on any atom is -0.497 e. The molecule has 0 spiro atoms. The highest BCUT2D eigenvalue weighted by Crippen LogP contribution is 2.34. The Hall–Kier alpha value is -3.02. The highest BCUT2D eigenvalue weighted by atomic mass is 16.5. The molecule has 1 heterocycles. The van der Waals surface area contributed by atoms with Crippen molar-refractivity contribution in [2.75, 3.05) is 25.5 Å². The summed E-state index contributed by atoms with van der Waals surface area (Å²) in [5.74, 6) is 0.438. The zero-order chi connectivity index (χ0) is 21.3. The quantitative estimate of drug-likeness (QED) is 0.657. The van der Waals surface area contributed by atoms with Crippen LogP contribution in [0.15, 0.2) is 54.6 Å². The molecule has 1 aliphatic heterocycles. The number of piperidine rings is 1. The lowest BCUT2D eigenvalue weighted by Crippen LogP contribution is -2.49. The van der Waals surface area contributed by atoms with Gasteiger partial charge >= 0.3 is 6.03 Å². The molecule has 0 aliphatic carbocycles. The Morgan fingerprint density at radius 3 is 2.47 bits per heavy atom. The number of anilines is 1. The standard InChI is InChI=1S/C24H31N3O3/c1-3-4-16-25-24(29)27-17-19(10-15-22(27)18-8-6-5-7-9-18)23(28)26-20-11-13-21(30-2)14-12-20/h5-9,11-14,19,22H,3-4,10,15-17H2,1-2H3,(H,25,29)(H,26,28)/t19-,22-/m1/s1. The number of hydrogen-bond donors (Lipinski definition) is 2. The van der Waals surface area contributed by atoms with Crippen molar-refractivity contribution in [2.45, 2.75) is 38.6 Å². The number of ether oxygens (including phenoxy) is 1. The number of amides is 3. The molecular formula is C24H31N3O3. The van der Waals surface area contributed by atoms with E-state index in [1.807, 2.05) is 47.4 Å². The van der Waals surface area contributed by atoms with Gasteiger partial charge in [-0.2, -0.15) is 0 Å². The van der Waals surface area contributed by atoms with E-state index >= 15 is 0 Å². The fourth-order valence-corrected chi connectivity index (χ4v) is 3.82. The molecule has 0 bridgehead atoms. The molecule has 2 aromatic carbocycles. The molecule has 0 radical (unpaired) electrons. The van der Waals surface area contributed by atoms with Gasteiger partial charge in [0.05, 0.1) is 19.1 Å². The van der Waals surface area contributed by atoms with Crippen LogP contribution < -0.4 is 15.4 Å². The zero-order valence-electron chi connectivity index (χ0n) is 17.8. The largest absolute Gasteiger partial charge is 0.497 e. The summed E-state index contributed by atoms with van der Waals surface area (Å²) >= 11 is 0. The molecule has 3 amide bonds. The smallest absolute Gasteiger partial charge is 0.317 e. The van der Waals surface area contributed by atoms with Crippen LogP contribution in [0.5, 0.6) is 5.75 Å². The molecule has 6 nitrogen and oxygen atoms in total. The number of likely N-dealkylation sites (tertiary alicyclic amines) is 1. The molecule has 6 heteroatoms. The van der Waals surface area contributed by atoms with E-state index in [9.17, 15) is 9.59 Å². The van der Waals surface area contributed by atoms with Gasteiger partial charge in [0.2, 0.25) is 5.91 Å². The monoisotopic (exact) mass is 409 g/mol. The van der Waals surface area contributed by atoms with Crippen molar-refractivity contribution in [2.24, 2.45) is 5.92 Å². The summed E-state index contributed by atoms with van der Waals surface area (Å²) in [7, 11) is 1.61. The van der Waals surface area contributed by atoms with Gasteiger partial charge in [-0.3, -0.25) is 4.79 Å².